The third-order valence-electron chi connectivity index (χ3n) is 3.05. The lowest BCUT2D eigenvalue weighted by Crippen LogP contribution is -2.36. The van der Waals surface area contributed by atoms with Gasteiger partial charge in [0, 0.05) is 25.6 Å². The highest BCUT2D eigenvalue weighted by Crippen LogP contribution is 2.06. The normalized spacial score (nSPS) is 21.6. The van der Waals surface area contributed by atoms with Crippen molar-refractivity contribution in [2.75, 3.05) is 39.9 Å². The summed E-state index contributed by atoms with van der Waals surface area (Å²) in [6, 6.07) is 0. The predicted octanol–water partition coefficient (Wildman–Crippen LogP) is 0.291. The van der Waals surface area contributed by atoms with Gasteiger partial charge in [-0.15, -0.1) is 0 Å². The maximum atomic E-state index is 11.8. The Hall–Kier alpha value is -1.40. The summed E-state index contributed by atoms with van der Waals surface area (Å²) in [5.74, 6) is 0.670. The number of aryl methyl sites for hydroxylation is 1. The number of nitrogens with zero attached hydrogens (tertiary/aromatic N) is 2. The molecule has 1 fully saturated rings. The first-order valence-electron chi connectivity index (χ1n) is 6.11. The zero-order valence-electron chi connectivity index (χ0n) is 10.8. The van der Waals surface area contributed by atoms with E-state index in [2.05, 4.69) is 22.2 Å². The van der Waals surface area contributed by atoms with Crippen molar-refractivity contribution in [3.63, 3.8) is 0 Å². The number of hydrogen-bond acceptors (Lipinski definition) is 5. The van der Waals surface area contributed by atoms with Crippen LogP contribution in [-0.4, -0.2) is 55.7 Å². The minimum Gasteiger partial charge on any atom is -0.448 e. The second-order valence-electron chi connectivity index (χ2n) is 4.67. The molecule has 0 unspecified atom stereocenters. The molecule has 18 heavy (non-hydrogen) atoms. The number of amides is 1. The Bertz CT molecular complexity index is 405. The maximum Gasteiger partial charge on any atom is 0.273 e. The highest BCUT2D eigenvalue weighted by atomic mass is 16.5. The van der Waals surface area contributed by atoms with Gasteiger partial charge in [0.2, 0.25) is 0 Å². The topological polar surface area (TPSA) is 67.6 Å². The fourth-order valence-corrected chi connectivity index (χ4v) is 2.02. The Kier molecular flexibility index (Phi) is 4.33. The summed E-state index contributed by atoms with van der Waals surface area (Å²) in [6.45, 7) is 5.62. The van der Waals surface area contributed by atoms with Crippen LogP contribution in [0.5, 0.6) is 0 Å². The number of hydrogen-bond donors (Lipinski definition) is 1. The number of rotatable bonds is 3. The molecule has 1 aromatic heterocycles. The predicted molar refractivity (Wildman–Crippen MR) is 65.4 cm³/mol. The van der Waals surface area contributed by atoms with Crippen molar-refractivity contribution in [1.29, 1.82) is 0 Å². The van der Waals surface area contributed by atoms with Crippen LogP contribution in [0.2, 0.25) is 0 Å². The van der Waals surface area contributed by atoms with E-state index in [0.29, 0.717) is 30.5 Å². The largest absolute Gasteiger partial charge is 0.448 e. The molecule has 0 spiro atoms. The second kappa shape index (κ2) is 5.97. The van der Waals surface area contributed by atoms with Crippen molar-refractivity contribution >= 4 is 5.91 Å². The Morgan fingerprint density at radius 1 is 1.67 bits per heavy atom. The first-order valence-corrected chi connectivity index (χ1v) is 6.11. The highest BCUT2D eigenvalue weighted by molar-refractivity contribution is 5.92. The maximum absolute atomic E-state index is 11.8. The number of nitrogens with one attached hydrogen (secondary N) is 1. The van der Waals surface area contributed by atoms with Crippen LogP contribution in [0.15, 0.2) is 10.8 Å². The average molecular weight is 253 g/mol. The van der Waals surface area contributed by atoms with Gasteiger partial charge in [0.1, 0.15) is 5.76 Å². The van der Waals surface area contributed by atoms with Gasteiger partial charge >= 0.3 is 0 Å². The summed E-state index contributed by atoms with van der Waals surface area (Å²) in [6.07, 6.45) is 1.28. The van der Waals surface area contributed by atoms with E-state index >= 15 is 0 Å². The van der Waals surface area contributed by atoms with Crippen LogP contribution in [-0.2, 0) is 4.74 Å². The fraction of sp³-hybridized carbons (Fsp3) is 0.667. The number of aromatic nitrogens is 1. The fourth-order valence-electron chi connectivity index (χ4n) is 2.02. The minimum absolute atomic E-state index is 0.187. The molecule has 0 saturated carbocycles. The van der Waals surface area contributed by atoms with Crippen molar-refractivity contribution in [3.8, 4) is 0 Å². The number of oxazole rings is 1. The van der Waals surface area contributed by atoms with E-state index in [4.69, 9.17) is 9.15 Å². The molecule has 100 valence electrons. The van der Waals surface area contributed by atoms with Crippen LogP contribution in [0, 0.1) is 12.8 Å². The monoisotopic (exact) mass is 253 g/mol. The molecule has 1 aliphatic rings. The average Bonchev–Trinajstić information content (AvgIpc) is 2.65. The zero-order valence-corrected chi connectivity index (χ0v) is 10.8. The van der Waals surface area contributed by atoms with Crippen LogP contribution in [0.1, 0.15) is 16.2 Å². The lowest BCUT2D eigenvalue weighted by Gasteiger charge is -2.18. The smallest absolute Gasteiger partial charge is 0.273 e. The van der Waals surface area contributed by atoms with Gasteiger partial charge in [-0.25, -0.2) is 4.98 Å². The number of ether oxygens (including phenoxy) is 1. The molecule has 0 aromatic carbocycles. The van der Waals surface area contributed by atoms with Crippen LogP contribution < -0.4 is 5.32 Å². The molecule has 1 saturated heterocycles. The lowest BCUT2D eigenvalue weighted by atomic mass is 10.1. The molecule has 1 aliphatic heterocycles. The second-order valence-corrected chi connectivity index (χ2v) is 4.67. The van der Waals surface area contributed by atoms with Crippen LogP contribution >= 0.6 is 0 Å². The number of carbonyl (C=O) groups is 1. The van der Waals surface area contributed by atoms with E-state index in [1.54, 1.807) is 6.92 Å². The van der Waals surface area contributed by atoms with Crippen LogP contribution in [0.3, 0.4) is 0 Å². The molecular weight excluding hydrogens is 234 g/mol. The molecule has 0 aliphatic carbocycles. The van der Waals surface area contributed by atoms with Crippen molar-refractivity contribution in [1.82, 2.24) is 15.2 Å². The van der Waals surface area contributed by atoms with Gasteiger partial charge in [0.25, 0.3) is 5.91 Å². The Morgan fingerprint density at radius 2 is 2.50 bits per heavy atom. The molecule has 0 bridgehead atoms. The third-order valence-corrected chi connectivity index (χ3v) is 3.05. The van der Waals surface area contributed by atoms with Gasteiger partial charge in [-0.05, 0) is 14.0 Å². The van der Waals surface area contributed by atoms with Crippen LogP contribution in [0.25, 0.3) is 0 Å². The quantitative estimate of drug-likeness (QED) is 0.838. The van der Waals surface area contributed by atoms with Gasteiger partial charge in [-0.3, -0.25) is 4.79 Å². The first kappa shape index (κ1) is 13.0. The standard InChI is InChI=1S/C12H19N3O3/c1-9-11(14-8-18-9)12(16)13-5-10-6-15(2)3-4-17-7-10/h8,10H,3-7H2,1-2H3,(H,13,16)/t10-/m0/s1. The van der Waals surface area contributed by atoms with Crippen molar-refractivity contribution in [2.45, 2.75) is 6.92 Å². The molecule has 2 heterocycles. The van der Waals surface area contributed by atoms with Crippen molar-refractivity contribution in [3.05, 3.63) is 17.8 Å². The van der Waals surface area contributed by atoms with E-state index in [0.717, 1.165) is 19.7 Å². The number of likely N-dealkylation sites (N-methyl/N-ethyl adjacent to an activating group) is 1. The van der Waals surface area contributed by atoms with Gasteiger partial charge in [0.15, 0.2) is 12.1 Å². The molecule has 1 amide bonds. The summed E-state index contributed by atoms with van der Waals surface area (Å²) < 4.78 is 10.5. The number of carbonyl (C=O) groups excluding carboxylic acids is 1. The summed E-state index contributed by atoms with van der Waals surface area (Å²) in [4.78, 5) is 18.0. The van der Waals surface area contributed by atoms with Crippen molar-refractivity contribution in [2.24, 2.45) is 5.92 Å². The molecule has 0 radical (unpaired) electrons. The van der Waals surface area contributed by atoms with Gasteiger partial charge in [-0.1, -0.05) is 0 Å². The molecule has 6 nitrogen and oxygen atoms in total. The van der Waals surface area contributed by atoms with E-state index < -0.39 is 0 Å². The van der Waals surface area contributed by atoms with Gasteiger partial charge in [0.05, 0.1) is 13.2 Å². The molecule has 2 rings (SSSR count). The van der Waals surface area contributed by atoms with E-state index in [-0.39, 0.29) is 5.91 Å². The Balaban J connectivity index is 1.84. The minimum atomic E-state index is -0.187. The molecular formula is C12H19N3O3. The zero-order chi connectivity index (χ0) is 13.0. The van der Waals surface area contributed by atoms with Crippen LogP contribution in [0.4, 0.5) is 0 Å². The summed E-state index contributed by atoms with van der Waals surface area (Å²) >= 11 is 0. The molecule has 1 N–H and O–H groups in total. The van der Waals surface area contributed by atoms with E-state index in [1.165, 1.54) is 6.39 Å². The van der Waals surface area contributed by atoms with E-state index in [1.807, 2.05) is 0 Å². The molecule has 6 heteroatoms. The third kappa shape index (κ3) is 3.30. The van der Waals surface area contributed by atoms with Gasteiger partial charge < -0.3 is 19.4 Å². The SMILES string of the molecule is Cc1ocnc1C(=O)NC[C@@H]1COCCN(C)C1. The lowest BCUT2D eigenvalue weighted by molar-refractivity contribution is 0.0916. The summed E-state index contributed by atoms with van der Waals surface area (Å²) in [5.41, 5.74) is 0.359. The first-order chi connectivity index (χ1) is 8.66. The summed E-state index contributed by atoms with van der Waals surface area (Å²) in [5, 5.41) is 2.88. The Labute approximate surface area is 106 Å². The van der Waals surface area contributed by atoms with Gasteiger partial charge in [-0.2, -0.15) is 0 Å². The molecule has 1 atom stereocenters. The van der Waals surface area contributed by atoms with Crippen molar-refractivity contribution < 1.29 is 13.9 Å². The highest BCUT2D eigenvalue weighted by Gasteiger charge is 2.19. The Morgan fingerprint density at radius 3 is 3.22 bits per heavy atom. The van der Waals surface area contributed by atoms with E-state index in [9.17, 15) is 4.79 Å². The summed E-state index contributed by atoms with van der Waals surface area (Å²) in [7, 11) is 2.06. The molecule has 1 aromatic rings.